The van der Waals surface area contributed by atoms with Crippen molar-refractivity contribution in [3.8, 4) is 0 Å². The molecule has 2 aromatic heterocycles. The molecule has 0 aliphatic carbocycles. The number of nitrogens with zero attached hydrogens (tertiary/aromatic N) is 2. The third kappa shape index (κ3) is 4.18. The van der Waals surface area contributed by atoms with Gasteiger partial charge in [-0.25, -0.2) is 5.43 Å². The van der Waals surface area contributed by atoms with Gasteiger partial charge in [0, 0.05) is 29.9 Å². The van der Waals surface area contributed by atoms with Gasteiger partial charge in [-0.05, 0) is 43.5 Å². The molecule has 0 aromatic carbocycles. The SMILES string of the molecule is O=C(NC1CCNN1)c1ccc(C2CCCN2C(=O)Cc2ccccn2)s1. The van der Waals surface area contributed by atoms with E-state index in [9.17, 15) is 9.59 Å². The zero-order chi connectivity index (χ0) is 18.6. The van der Waals surface area contributed by atoms with Crippen LogP contribution in [0.5, 0.6) is 0 Å². The summed E-state index contributed by atoms with van der Waals surface area (Å²) in [6.07, 6.45) is 4.77. The van der Waals surface area contributed by atoms with Crippen molar-refractivity contribution in [3.05, 3.63) is 52.0 Å². The Balaban J connectivity index is 1.42. The number of aromatic nitrogens is 1. The van der Waals surface area contributed by atoms with Crippen LogP contribution in [0.4, 0.5) is 0 Å². The number of rotatable bonds is 5. The Morgan fingerprint density at radius 1 is 1.26 bits per heavy atom. The van der Waals surface area contributed by atoms with Crippen LogP contribution < -0.4 is 16.2 Å². The quantitative estimate of drug-likeness (QED) is 0.728. The van der Waals surface area contributed by atoms with Gasteiger partial charge in [-0.15, -0.1) is 11.3 Å². The number of carbonyl (C=O) groups excluding carboxylic acids is 2. The first-order valence-corrected chi connectivity index (χ1v) is 10.1. The van der Waals surface area contributed by atoms with Crippen molar-refractivity contribution in [3.63, 3.8) is 0 Å². The fraction of sp³-hybridized carbons (Fsp3) is 0.421. The minimum atomic E-state index is -0.0724. The van der Waals surface area contributed by atoms with Crippen LogP contribution in [0.3, 0.4) is 0 Å². The molecule has 2 atom stereocenters. The van der Waals surface area contributed by atoms with E-state index in [1.54, 1.807) is 6.20 Å². The molecular weight excluding hydrogens is 362 g/mol. The highest BCUT2D eigenvalue weighted by Gasteiger charge is 2.31. The molecule has 2 unspecified atom stereocenters. The summed E-state index contributed by atoms with van der Waals surface area (Å²) < 4.78 is 0. The highest BCUT2D eigenvalue weighted by atomic mass is 32.1. The van der Waals surface area contributed by atoms with E-state index >= 15 is 0 Å². The average molecular weight is 385 g/mol. The fourth-order valence-electron chi connectivity index (χ4n) is 3.60. The average Bonchev–Trinajstić information content (AvgIpc) is 3.43. The van der Waals surface area contributed by atoms with Gasteiger partial charge in [0.25, 0.3) is 5.91 Å². The molecule has 0 saturated carbocycles. The van der Waals surface area contributed by atoms with Crippen LogP contribution in [0, 0.1) is 0 Å². The predicted octanol–water partition coefficient (Wildman–Crippen LogP) is 1.60. The summed E-state index contributed by atoms with van der Waals surface area (Å²) in [6.45, 7) is 1.60. The highest BCUT2D eigenvalue weighted by Crippen LogP contribution is 2.36. The Morgan fingerprint density at radius 2 is 2.19 bits per heavy atom. The molecule has 8 heteroatoms. The second kappa shape index (κ2) is 8.16. The lowest BCUT2D eigenvalue weighted by Crippen LogP contribution is -2.43. The van der Waals surface area contributed by atoms with Crippen LogP contribution in [0.2, 0.25) is 0 Å². The molecule has 2 amide bonds. The molecule has 7 nitrogen and oxygen atoms in total. The smallest absolute Gasteiger partial charge is 0.262 e. The fourth-order valence-corrected chi connectivity index (χ4v) is 4.65. The number of amides is 2. The molecule has 0 spiro atoms. The van der Waals surface area contributed by atoms with E-state index in [0.29, 0.717) is 11.3 Å². The minimum Gasteiger partial charge on any atom is -0.335 e. The molecule has 3 N–H and O–H groups in total. The number of nitrogens with one attached hydrogen (secondary N) is 3. The number of thiophene rings is 1. The lowest BCUT2D eigenvalue weighted by molar-refractivity contribution is -0.131. The molecule has 4 rings (SSSR count). The monoisotopic (exact) mass is 385 g/mol. The summed E-state index contributed by atoms with van der Waals surface area (Å²) in [5.74, 6) is 0.0219. The standard InChI is InChI=1S/C19H23N5O2S/c25-18(12-13-4-1-2-9-20-13)24-11-3-5-14(24)15-6-7-16(27-15)19(26)22-17-8-10-21-23-17/h1-2,4,6-7,9,14,17,21,23H,3,5,8,10-12H2,(H,22,26). The Morgan fingerprint density at radius 3 is 2.96 bits per heavy atom. The molecule has 2 aliphatic rings. The van der Waals surface area contributed by atoms with Gasteiger partial charge < -0.3 is 10.2 Å². The number of hydrogen-bond acceptors (Lipinski definition) is 6. The maximum atomic E-state index is 12.8. The van der Waals surface area contributed by atoms with Gasteiger partial charge in [-0.3, -0.25) is 20.0 Å². The van der Waals surface area contributed by atoms with E-state index in [1.807, 2.05) is 35.2 Å². The molecule has 2 aromatic rings. The van der Waals surface area contributed by atoms with E-state index in [2.05, 4.69) is 21.2 Å². The van der Waals surface area contributed by atoms with Gasteiger partial charge >= 0.3 is 0 Å². The summed E-state index contributed by atoms with van der Waals surface area (Å²) in [4.78, 5) is 33.1. The molecule has 2 fully saturated rings. The Labute approximate surface area is 162 Å². The van der Waals surface area contributed by atoms with Crippen LogP contribution in [0.1, 0.15) is 45.5 Å². The van der Waals surface area contributed by atoms with E-state index in [-0.39, 0.29) is 24.0 Å². The van der Waals surface area contributed by atoms with E-state index in [4.69, 9.17) is 0 Å². The first-order valence-electron chi connectivity index (χ1n) is 9.29. The third-order valence-corrected chi connectivity index (χ3v) is 6.14. The summed E-state index contributed by atoms with van der Waals surface area (Å²) >= 11 is 1.48. The van der Waals surface area contributed by atoms with Crippen molar-refractivity contribution >= 4 is 23.2 Å². The Bertz CT molecular complexity index is 803. The molecule has 0 radical (unpaired) electrons. The number of carbonyl (C=O) groups is 2. The lowest BCUT2D eigenvalue weighted by atomic mass is 10.1. The van der Waals surface area contributed by atoms with Gasteiger partial charge in [0.05, 0.1) is 23.5 Å². The number of likely N-dealkylation sites (tertiary alicyclic amines) is 1. The summed E-state index contributed by atoms with van der Waals surface area (Å²) in [6, 6.07) is 9.52. The molecule has 4 heterocycles. The highest BCUT2D eigenvalue weighted by molar-refractivity contribution is 7.14. The summed E-state index contributed by atoms with van der Waals surface area (Å²) in [7, 11) is 0. The van der Waals surface area contributed by atoms with Crippen LogP contribution in [0.15, 0.2) is 36.5 Å². The number of pyridine rings is 1. The van der Waals surface area contributed by atoms with E-state index < -0.39 is 0 Å². The first kappa shape index (κ1) is 18.1. The van der Waals surface area contributed by atoms with Crippen molar-refractivity contribution in [2.75, 3.05) is 13.1 Å². The van der Waals surface area contributed by atoms with E-state index in [1.165, 1.54) is 11.3 Å². The van der Waals surface area contributed by atoms with Gasteiger partial charge in [0.2, 0.25) is 5.91 Å². The van der Waals surface area contributed by atoms with Crippen molar-refractivity contribution < 1.29 is 9.59 Å². The van der Waals surface area contributed by atoms with Crippen LogP contribution in [0.25, 0.3) is 0 Å². The lowest BCUT2D eigenvalue weighted by Gasteiger charge is -2.23. The summed E-state index contributed by atoms with van der Waals surface area (Å²) in [5.41, 5.74) is 6.82. The number of hydrogen-bond donors (Lipinski definition) is 3. The van der Waals surface area contributed by atoms with Crippen molar-refractivity contribution in [1.82, 2.24) is 26.1 Å². The van der Waals surface area contributed by atoms with Gasteiger partial charge in [-0.1, -0.05) is 6.07 Å². The third-order valence-electron chi connectivity index (χ3n) is 4.95. The van der Waals surface area contributed by atoms with E-state index in [0.717, 1.165) is 42.9 Å². The van der Waals surface area contributed by atoms with Crippen LogP contribution >= 0.6 is 11.3 Å². The molecular formula is C19H23N5O2S. The minimum absolute atomic E-state index is 0.0361. The maximum Gasteiger partial charge on any atom is 0.262 e. The summed E-state index contributed by atoms with van der Waals surface area (Å²) in [5, 5.41) is 2.97. The second-order valence-corrected chi connectivity index (χ2v) is 7.95. The predicted molar refractivity (Wildman–Crippen MR) is 103 cm³/mol. The van der Waals surface area contributed by atoms with Crippen LogP contribution in [-0.4, -0.2) is 41.0 Å². The zero-order valence-electron chi connectivity index (χ0n) is 15.0. The molecule has 0 bridgehead atoms. The normalized spacial score (nSPS) is 22.1. The van der Waals surface area contributed by atoms with Gasteiger partial charge in [0.15, 0.2) is 0 Å². The Hall–Kier alpha value is -2.29. The molecule has 2 saturated heterocycles. The molecule has 142 valence electrons. The zero-order valence-corrected chi connectivity index (χ0v) is 15.8. The van der Waals surface area contributed by atoms with Crippen molar-refractivity contribution in [1.29, 1.82) is 0 Å². The number of hydrazine groups is 1. The van der Waals surface area contributed by atoms with Crippen molar-refractivity contribution in [2.45, 2.75) is 37.9 Å². The van der Waals surface area contributed by atoms with Gasteiger partial charge in [0.1, 0.15) is 0 Å². The maximum absolute atomic E-state index is 12.8. The largest absolute Gasteiger partial charge is 0.335 e. The molecule has 27 heavy (non-hydrogen) atoms. The van der Waals surface area contributed by atoms with Crippen LogP contribution in [-0.2, 0) is 11.2 Å². The van der Waals surface area contributed by atoms with Crippen molar-refractivity contribution in [2.24, 2.45) is 0 Å². The Kier molecular flexibility index (Phi) is 5.47. The second-order valence-electron chi connectivity index (χ2n) is 6.83. The molecule has 2 aliphatic heterocycles. The first-order chi connectivity index (χ1) is 13.2. The van der Waals surface area contributed by atoms with Gasteiger partial charge in [-0.2, -0.15) is 0 Å². The topological polar surface area (TPSA) is 86.4 Å².